The van der Waals surface area contributed by atoms with Crippen LogP contribution in [0, 0.1) is 6.92 Å². The minimum absolute atomic E-state index is 0.0976. The fraction of sp³-hybridized carbons (Fsp3) is 0.267. The van der Waals surface area contributed by atoms with Gasteiger partial charge in [-0.2, -0.15) is 0 Å². The van der Waals surface area contributed by atoms with Gasteiger partial charge in [0.25, 0.3) is 5.56 Å². The maximum Gasteiger partial charge on any atom is 0.303 e. The zero-order valence-electron chi connectivity index (χ0n) is 11.8. The number of aryl methyl sites for hydroxylation is 1. The van der Waals surface area contributed by atoms with Crippen molar-refractivity contribution in [3.8, 4) is 17.1 Å². The minimum Gasteiger partial charge on any atom is -0.496 e. The summed E-state index contributed by atoms with van der Waals surface area (Å²) in [4.78, 5) is 29.8. The van der Waals surface area contributed by atoms with Crippen LogP contribution in [0.25, 0.3) is 11.4 Å². The number of nitrogens with zero attached hydrogens (tertiary/aromatic N) is 1. The van der Waals surface area contributed by atoms with Crippen molar-refractivity contribution in [2.45, 2.75) is 19.8 Å². The van der Waals surface area contributed by atoms with Crippen LogP contribution in [0.4, 0.5) is 0 Å². The van der Waals surface area contributed by atoms with E-state index in [1.807, 2.05) is 12.1 Å². The van der Waals surface area contributed by atoms with Crippen LogP contribution in [0.1, 0.15) is 17.7 Å². The van der Waals surface area contributed by atoms with E-state index in [4.69, 9.17) is 9.84 Å². The number of methoxy groups -OCH3 is 1. The van der Waals surface area contributed by atoms with Gasteiger partial charge in [0.15, 0.2) is 0 Å². The maximum absolute atomic E-state index is 12.1. The molecule has 0 fully saturated rings. The largest absolute Gasteiger partial charge is 0.496 e. The number of carboxylic acids is 1. The number of aromatic amines is 1. The quantitative estimate of drug-likeness (QED) is 0.874. The lowest BCUT2D eigenvalue weighted by Crippen LogP contribution is -2.18. The highest BCUT2D eigenvalue weighted by atomic mass is 16.5. The number of benzene rings is 1. The van der Waals surface area contributed by atoms with Gasteiger partial charge in [-0.3, -0.25) is 9.59 Å². The zero-order chi connectivity index (χ0) is 15.4. The molecule has 110 valence electrons. The number of H-pyrrole nitrogens is 1. The molecule has 1 aromatic carbocycles. The van der Waals surface area contributed by atoms with Crippen molar-refractivity contribution >= 4 is 5.97 Å². The van der Waals surface area contributed by atoms with Gasteiger partial charge in [-0.05, 0) is 25.5 Å². The van der Waals surface area contributed by atoms with Gasteiger partial charge in [-0.25, -0.2) is 4.98 Å². The Kier molecular flexibility index (Phi) is 4.37. The lowest BCUT2D eigenvalue weighted by atomic mass is 10.1. The van der Waals surface area contributed by atoms with Crippen molar-refractivity contribution < 1.29 is 14.6 Å². The molecule has 21 heavy (non-hydrogen) atoms. The molecule has 0 amide bonds. The summed E-state index contributed by atoms with van der Waals surface area (Å²) in [7, 11) is 1.55. The SMILES string of the molecule is COc1ccccc1-c1nc(C)c(CCC(=O)O)c(=O)[nH]1. The molecule has 2 N–H and O–H groups in total. The summed E-state index contributed by atoms with van der Waals surface area (Å²) >= 11 is 0. The van der Waals surface area contributed by atoms with Gasteiger partial charge < -0.3 is 14.8 Å². The summed E-state index contributed by atoms with van der Waals surface area (Å²) in [6.07, 6.45) is 0.0648. The molecule has 0 unspecified atom stereocenters. The predicted octanol–water partition coefficient (Wildman–Crippen LogP) is 1.77. The Morgan fingerprint density at radius 1 is 1.38 bits per heavy atom. The number of carboxylic acid groups (broad SMARTS) is 1. The third-order valence-electron chi connectivity index (χ3n) is 3.17. The van der Waals surface area contributed by atoms with E-state index in [0.717, 1.165) is 0 Å². The number of aliphatic carboxylic acids is 1. The van der Waals surface area contributed by atoms with Crippen LogP contribution in [0.5, 0.6) is 5.75 Å². The molecule has 0 atom stereocenters. The molecule has 0 aliphatic carbocycles. The molecule has 0 spiro atoms. The highest BCUT2D eigenvalue weighted by molar-refractivity contribution is 5.67. The molecular formula is C15H16N2O4. The summed E-state index contributed by atoms with van der Waals surface area (Å²) < 4.78 is 5.25. The highest BCUT2D eigenvalue weighted by Crippen LogP contribution is 2.26. The monoisotopic (exact) mass is 288 g/mol. The Hall–Kier alpha value is -2.63. The van der Waals surface area contributed by atoms with Gasteiger partial charge in [0.1, 0.15) is 11.6 Å². The second kappa shape index (κ2) is 6.21. The summed E-state index contributed by atoms with van der Waals surface area (Å²) in [5.41, 5.74) is 1.30. The fourth-order valence-corrected chi connectivity index (χ4v) is 2.10. The number of carbonyl (C=O) groups is 1. The van der Waals surface area contributed by atoms with E-state index in [-0.39, 0.29) is 18.4 Å². The molecule has 2 aromatic rings. The molecule has 0 saturated heterocycles. The maximum atomic E-state index is 12.1. The van der Waals surface area contributed by atoms with Crippen molar-refractivity contribution in [3.05, 3.63) is 45.9 Å². The van der Waals surface area contributed by atoms with Crippen molar-refractivity contribution in [1.82, 2.24) is 9.97 Å². The molecule has 0 radical (unpaired) electrons. The van der Waals surface area contributed by atoms with Gasteiger partial charge in [-0.1, -0.05) is 12.1 Å². The lowest BCUT2D eigenvalue weighted by molar-refractivity contribution is -0.136. The summed E-state index contributed by atoms with van der Waals surface area (Å²) in [6, 6.07) is 7.23. The zero-order valence-corrected chi connectivity index (χ0v) is 11.8. The Balaban J connectivity index is 2.44. The molecule has 0 aliphatic heterocycles. The van der Waals surface area contributed by atoms with Gasteiger partial charge >= 0.3 is 5.97 Å². The van der Waals surface area contributed by atoms with Crippen molar-refractivity contribution in [3.63, 3.8) is 0 Å². The third-order valence-corrected chi connectivity index (χ3v) is 3.17. The number of rotatable bonds is 5. The van der Waals surface area contributed by atoms with E-state index in [1.165, 1.54) is 0 Å². The Bertz CT molecular complexity index is 722. The second-order valence-corrected chi connectivity index (χ2v) is 4.57. The molecule has 0 bridgehead atoms. The number of hydrogen-bond acceptors (Lipinski definition) is 4. The van der Waals surface area contributed by atoms with Crippen LogP contribution in [0.15, 0.2) is 29.1 Å². The number of ether oxygens (including phenoxy) is 1. The van der Waals surface area contributed by atoms with Crippen molar-refractivity contribution in [2.75, 3.05) is 7.11 Å². The minimum atomic E-state index is -0.942. The Morgan fingerprint density at radius 3 is 2.71 bits per heavy atom. The van der Waals surface area contributed by atoms with E-state index >= 15 is 0 Å². The van der Waals surface area contributed by atoms with E-state index in [1.54, 1.807) is 26.2 Å². The molecule has 6 heteroatoms. The first-order valence-electron chi connectivity index (χ1n) is 6.48. The summed E-state index contributed by atoms with van der Waals surface area (Å²) in [5.74, 6) is 0.0787. The molecule has 0 saturated carbocycles. The average Bonchev–Trinajstić information content (AvgIpc) is 2.45. The van der Waals surface area contributed by atoms with Crippen molar-refractivity contribution in [2.24, 2.45) is 0 Å². The van der Waals surface area contributed by atoms with Crippen LogP contribution < -0.4 is 10.3 Å². The fourth-order valence-electron chi connectivity index (χ4n) is 2.10. The lowest BCUT2D eigenvalue weighted by Gasteiger charge is -2.09. The smallest absolute Gasteiger partial charge is 0.303 e. The Labute approximate surface area is 121 Å². The third kappa shape index (κ3) is 3.28. The van der Waals surface area contributed by atoms with Crippen LogP contribution in [-0.2, 0) is 11.2 Å². The highest BCUT2D eigenvalue weighted by Gasteiger charge is 2.13. The number of para-hydroxylation sites is 1. The van der Waals surface area contributed by atoms with E-state index in [9.17, 15) is 9.59 Å². The first-order chi connectivity index (χ1) is 10.0. The van der Waals surface area contributed by atoms with Gasteiger partial charge in [0.05, 0.1) is 12.7 Å². The first kappa shape index (κ1) is 14.8. The van der Waals surface area contributed by atoms with Gasteiger partial charge in [-0.15, -0.1) is 0 Å². The molecule has 2 rings (SSSR count). The van der Waals surface area contributed by atoms with Gasteiger partial charge in [0, 0.05) is 17.7 Å². The van der Waals surface area contributed by atoms with Gasteiger partial charge in [0.2, 0.25) is 0 Å². The number of nitrogens with one attached hydrogen (secondary N) is 1. The van der Waals surface area contributed by atoms with Crippen LogP contribution >= 0.6 is 0 Å². The first-order valence-corrected chi connectivity index (χ1v) is 6.48. The molecule has 1 heterocycles. The topological polar surface area (TPSA) is 92.3 Å². The molecular weight excluding hydrogens is 272 g/mol. The number of hydrogen-bond donors (Lipinski definition) is 2. The molecule has 1 aromatic heterocycles. The second-order valence-electron chi connectivity index (χ2n) is 4.57. The normalized spacial score (nSPS) is 10.4. The van der Waals surface area contributed by atoms with Crippen LogP contribution in [-0.4, -0.2) is 28.2 Å². The summed E-state index contributed by atoms with van der Waals surface area (Å²) in [5, 5.41) is 8.71. The van der Waals surface area contributed by atoms with Crippen molar-refractivity contribution in [1.29, 1.82) is 0 Å². The van der Waals surface area contributed by atoms with Crippen LogP contribution in [0.3, 0.4) is 0 Å². The van der Waals surface area contributed by atoms with Crippen LogP contribution in [0.2, 0.25) is 0 Å². The Morgan fingerprint density at radius 2 is 2.10 bits per heavy atom. The standard InChI is InChI=1S/C15H16N2O4/c1-9-10(7-8-13(18)19)15(20)17-14(16-9)11-5-3-4-6-12(11)21-2/h3-6H,7-8H2,1-2H3,(H,18,19)(H,16,17,20). The molecule has 6 nitrogen and oxygen atoms in total. The van der Waals surface area contributed by atoms with E-state index < -0.39 is 5.97 Å². The van der Waals surface area contributed by atoms with E-state index in [2.05, 4.69) is 9.97 Å². The van der Waals surface area contributed by atoms with E-state index in [0.29, 0.717) is 28.4 Å². The number of aromatic nitrogens is 2. The predicted molar refractivity (Wildman–Crippen MR) is 77.5 cm³/mol. The summed E-state index contributed by atoms with van der Waals surface area (Å²) in [6.45, 7) is 1.70. The molecule has 0 aliphatic rings. The average molecular weight is 288 g/mol.